The van der Waals surface area contributed by atoms with E-state index in [9.17, 15) is 4.79 Å². The van der Waals surface area contributed by atoms with E-state index < -0.39 is 5.97 Å². The summed E-state index contributed by atoms with van der Waals surface area (Å²) in [6, 6.07) is 0.148. The van der Waals surface area contributed by atoms with Crippen molar-refractivity contribution in [2.75, 3.05) is 6.54 Å². The van der Waals surface area contributed by atoms with E-state index in [0.717, 1.165) is 32.2 Å². The molecule has 2 rings (SSSR count). The topological polar surface area (TPSA) is 40.5 Å². The number of nitrogens with zero attached hydrogens (tertiary/aromatic N) is 1. The normalized spacial score (nSPS) is 33.4. The van der Waals surface area contributed by atoms with Gasteiger partial charge in [-0.05, 0) is 38.6 Å². The van der Waals surface area contributed by atoms with Crippen molar-refractivity contribution >= 4 is 5.97 Å². The lowest BCUT2D eigenvalue weighted by molar-refractivity contribution is -0.142. The molecule has 1 heterocycles. The maximum atomic E-state index is 11.0. The van der Waals surface area contributed by atoms with Crippen molar-refractivity contribution in [2.45, 2.75) is 44.2 Å². The van der Waals surface area contributed by atoms with Crippen molar-refractivity contribution in [1.29, 1.82) is 0 Å². The van der Waals surface area contributed by atoms with Crippen LogP contribution >= 0.6 is 0 Å². The summed E-state index contributed by atoms with van der Waals surface area (Å²) in [6.07, 6.45) is 9.70. The lowest BCUT2D eigenvalue weighted by Gasteiger charge is -2.30. The van der Waals surface area contributed by atoms with Crippen LogP contribution in [0.15, 0.2) is 12.2 Å². The summed E-state index contributed by atoms with van der Waals surface area (Å²) < 4.78 is 0. The number of rotatable bonds is 2. The van der Waals surface area contributed by atoms with Gasteiger partial charge in [0.25, 0.3) is 0 Å². The van der Waals surface area contributed by atoms with Crippen molar-refractivity contribution in [3.05, 3.63) is 12.2 Å². The number of carbonyl (C=O) groups is 1. The van der Waals surface area contributed by atoms with Crippen LogP contribution in [-0.4, -0.2) is 34.6 Å². The van der Waals surface area contributed by atoms with Gasteiger partial charge in [0.15, 0.2) is 0 Å². The zero-order valence-corrected chi connectivity index (χ0v) is 8.35. The molecule has 0 aromatic rings. The van der Waals surface area contributed by atoms with Gasteiger partial charge in [-0.1, -0.05) is 12.2 Å². The van der Waals surface area contributed by atoms with Gasteiger partial charge in [0, 0.05) is 6.04 Å². The van der Waals surface area contributed by atoms with E-state index in [4.69, 9.17) is 5.11 Å². The van der Waals surface area contributed by atoms with Gasteiger partial charge in [-0.3, -0.25) is 9.69 Å². The average Bonchev–Trinajstić information content (AvgIpc) is 2.67. The molecule has 0 spiro atoms. The Labute approximate surface area is 84.4 Å². The highest BCUT2D eigenvalue weighted by atomic mass is 16.4. The second-order valence-electron chi connectivity index (χ2n) is 4.16. The predicted molar refractivity (Wildman–Crippen MR) is 54.1 cm³/mol. The number of likely N-dealkylation sites (tertiary alicyclic amines) is 1. The van der Waals surface area contributed by atoms with E-state index in [0.29, 0.717) is 6.04 Å². The van der Waals surface area contributed by atoms with E-state index in [-0.39, 0.29) is 6.04 Å². The van der Waals surface area contributed by atoms with Crippen LogP contribution in [0.25, 0.3) is 0 Å². The zero-order chi connectivity index (χ0) is 9.97. The Morgan fingerprint density at radius 1 is 1.36 bits per heavy atom. The van der Waals surface area contributed by atoms with Gasteiger partial charge in [-0.25, -0.2) is 0 Å². The van der Waals surface area contributed by atoms with Crippen molar-refractivity contribution in [3.63, 3.8) is 0 Å². The summed E-state index contributed by atoms with van der Waals surface area (Å²) in [7, 11) is 0. The van der Waals surface area contributed by atoms with E-state index in [2.05, 4.69) is 17.1 Å². The fourth-order valence-electron chi connectivity index (χ4n) is 2.52. The minimum absolute atomic E-state index is 0.234. The van der Waals surface area contributed by atoms with Crippen molar-refractivity contribution in [3.8, 4) is 0 Å². The summed E-state index contributed by atoms with van der Waals surface area (Å²) >= 11 is 0. The highest BCUT2D eigenvalue weighted by molar-refractivity contribution is 5.73. The monoisotopic (exact) mass is 195 g/mol. The molecule has 1 aliphatic heterocycles. The molecule has 0 aromatic heterocycles. The molecule has 0 saturated carbocycles. The Hall–Kier alpha value is -0.830. The maximum Gasteiger partial charge on any atom is 0.320 e. The molecule has 1 saturated heterocycles. The highest BCUT2D eigenvalue weighted by Gasteiger charge is 2.34. The van der Waals surface area contributed by atoms with Gasteiger partial charge in [-0.2, -0.15) is 0 Å². The van der Waals surface area contributed by atoms with Gasteiger partial charge >= 0.3 is 5.97 Å². The predicted octanol–water partition coefficient (Wildman–Crippen LogP) is 1.64. The molecule has 14 heavy (non-hydrogen) atoms. The Balaban J connectivity index is 2.04. The number of allylic oxidation sites excluding steroid dienone is 1. The second-order valence-corrected chi connectivity index (χ2v) is 4.16. The third-order valence-corrected chi connectivity index (χ3v) is 3.23. The molecule has 3 nitrogen and oxygen atoms in total. The first kappa shape index (κ1) is 9.71. The van der Waals surface area contributed by atoms with Crippen LogP contribution in [0.5, 0.6) is 0 Å². The minimum Gasteiger partial charge on any atom is -0.480 e. The van der Waals surface area contributed by atoms with Crippen molar-refractivity contribution in [1.82, 2.24) is 4.90 Å². The Morgan fingerprint density at radius 2 is 2.21 bits per heavy atom. The van der Waals surface area contributed by atoms with E-state index in [1.165, 1.54) is 6.42 Å². The van der Waals surface area contributed by atoms with Gasteiger partial charge in [-0.15, -0.1) is 0 Å². The second kappa shape index (κ2) is 4.13. The van der Waals surface area contributed by atoms with E-state index in [1.54, 1.807) is 0 Å². The van der Waals surface area contributed by atoms with Crippen molar-refractivity contribution < 1.29 is 9.90 Å². The Kier molecular flexibility index (Phi) is 2.87. The number of hydrogen-bond acceptors (Lipinski definition) is 2. The summed E-state index contributed by atoms with van der Waals surface area (Å²) in [6.45, 7) is 0.950. The van der Waals surface area contributed by atoms with E-state index >= 15 is 0 Å². The fraction of sp³-hybridized carbons (Fsp3) is 0.727. The molecule has 0 amide bonds. The number of aliphatic carboxylic acids is 1. The average molecular weight is 195 g/mol. The molecule has 1 aliphatic carbocycles. The summed E-state index contributed by atoms with van der Waals surface area (Å²) in [5.74, 6) is -0.651. The van der Waals surface area contributed by atoms with Crippen LogP contribution in [0.4, 0.5) is 0 Å². The summed E-state index contributed by atoms with van der Waals surface area (Å²) in [5.41, 5.74) is 0. The number of carboxylic acids is 1. The molecule has 2 atom stereocenters. The fourth-order valence-corrected chi connectivity index (χ4v) is 2.52. The number of carboxylic acid groups (broad SMARTS) is 1. The Bertz CT molecular complexity index is 250. The first-order valence-corrected chi connectivity index (χ1v) is 5.44. The van der Waals surface area contributed by atoms with Gasteiger partial charge < -0.3 is 5.11 Å². The first-order chi connectivity index (χ1) is 6.79. The summed E-state index contributed by atoms with van der Waals surface area (Å²) in [5, 5.41) is 9.05. The SMILES string of the molecule is O=C(O)C1CCCN1C1C=CCCC1. The largest absolute Gasteiger partial charge is 0.480 e. The van der Waals surface area contributed by atoms with Crippen molar-refractivity contribution in [2.24, 2.45) is 0 Å². The number of hydrogen-bond donors (Lipinski definition) is 1. The zero-order valence-electron chi connectivity index (χ0n) is 8.35. The molecule has 0 radical (unpaired) electrons. The molecule has 0 bridgehead atoms. The molecule has 3 heteroatoms. The van der Waals surface area contributed by atoms with Gasteiger partial charge in [0.05, 0.1) is 0 Å². The third-order valence-electron chi connectivity index (χ3n) is 3.23. The van der Waals surface area contributed by atoms with Gasteiger partial charge in [0.1, 0.15) is 6.04 Å². The molecule has 2 aliphatic rings. The van der Waals surface area contributed by atoms with Crippen LogP contribution < -0.4 is 0 Å². The molecule has 78 valence electrons. The van der Waals surface area contributed by atoms with Crippen LogP contribution in [0.3, 0.4) is 0 Å². The van der Waals surface area contributed by atoms with E-state index in [1.807, 2.05) is 0 Å². The van der Waals surface area contributed by atoms with Crippen LogP contribution in [0, 0.1) is 0 Å². The first-order valence-electron chi connectivity index (χ1n) is 5.44. The maximum absolute atomic E-state index is 11.0. The third kappa shape index (κ3) is 1.82. The standard InChI is InChI=1S/C11H17NO2/c13-11(14)10-7-4-8-12(10)9-5-2-1-3-6-9/h2,5,9-10H,1,3-4,6-8H2,(H,13,14). The Morgan fingerprint density at radius 3 is 2.86 bits per heavy atom. The smallest absolute Gasteiger partial charge is 0.320 e. The molecule has 1 fully saturated rings. The quantitative estimate of drug-likeness (QED) is 0.681. The van der Waals surface area contributed by atoms with Crippen LogP contribution in [-0.2, 0) is 4.79 Å². The minimum atomic E-state index is -0.651. The van der Waals surface area contributed by atoms with Crippen LogP contribution in [0.1, 0.15) is 32.1 Å². The molecule has 0 aromatic carbocycles. The van der Waals surface area contributed by atoms with Gasteiger partial charge in [0.2, 0.25) is 0 Å². The van der Waals surface area contributed by atoms with Crippen LogP contribution in [0.2, 0.25) is 0 Å². The highest BCUT2D eigenvalue weighted by Crippen LogP contribution is 2.25. The molecule has 1 N–H and O–H groups in total. The summed E-state index contributed by atoms with van der Waals surface area (Å²) in [4.78, 5) is 13.1. The lowest BCUT2D eigenvalue weighted by atomic mass is 10.0. The molecule has 2 unspecified atom stereocenters. The lowest BCUT2D eigenvalue weighted by Crippen LogP contribution is -2.42. The molecular weight excluding hydrogens is 178 g/mol. The molecular formula is C11H17NO2.